The minimum absolute atomic E-state index is 0.0470. The molecular formula is C22H26FN3O2S. The number of carbonyl (C=O) groups is 2. The summed E-state index contributed by atoms with van der Waals surface area (Å²) in [6, 6.07) is 6.55. The van der Waals surface area contributed by atoms with Crippen LogP contribution in [0.15, 0.2) is 24.3 Å². The maximum absolute atomic E-state index is 14.2. The maximum Gasteiger partial charge on any atom is 0.266 e. The lowest BCUT2D eigenvalue weighted by Gasteiger charge is -2.56. The third-order valence-electron chi connectivity index (χ3n) is 6.40. The number of aromatic nitrogens is 1. The first-order valence-electron chi connectivity index (χ1n) is 10.1. The van der Waals surface area contributed by atoms with Gasteiger partial charge < -0.3 is 9.80 Å². The highest BCUT2D eigenvalue weighted by molar-refractivity contribution is 7.17. The highest BCUT2D eigenvalue weighted by Gasteiger charge is 2.50. The lowest BCUT2D eigenvalue weighted by atomic mass is 9.76. The van der Waals surface area contributed by atoms with Crippen molar-refractivity contribution in [1.82, 2.24) is 14.8 Å². The summed E-state index contributed by atoms with van der Waals surface area (Å²) in [5.41, 5.74) is 0.666. The van der Waals surface area contributed by atoms with E-state index in [0.717, 1.165) is 32.2 Å². The summed E-state index contributed by atoms with van der Waals surface area (Å²) < 4.78 is 14.2. The third-order valence-corrected chi connectivity index (χ3v) is 7.58. The van der Waals surface area contributed by atoms with E-state index in [1.54, 1.807) is 32.0 Å². The van der Waals surface area contributed by atoms with E-state index in [0.29, 0.717) is 27.7 Å². The van der Waals surface area contributed by atoms with E-state index in [1.165, 1.54) is 17.4 Å². The van der Waals surface area contributed by atoms with Crippen LogP contribution in [0, 0.1) is 12.7 Å². The topological polar surface area (TPSA) is 53.5 Å². The van der Waals surface area contributed by atoms with Crippen LogP contribution in [0.3, 0.4) is 0 Å². The molecule has 0 N–H and O–H groups in total. The molecule has 1 aromatic heterocycles. The standard InChI is InChI=1S/C22H26FN3O2S/c1-14-19(29-20(24-14)16-8-4-5-9-17(16)23)21(28)26-13-6-10-18-22(26,3)11-7-12-25(18)15(2)27/h4-5,8-9,18H,6-7,10-13H2,1-3H3/t18-,22-/m0/s1. The second kappa shape index (κ2) is 7.52. The van der Waals surface area contributed by atoms with Gasteiger partial charge in [0.25, 0.3) is 5.91 Å². The van der Waals surface area contributed by atoms with Gasteiger partial charge in [-0.3, -0.25) is 9.59 Å². The molecule has 2 saturated heterocycles. The SMILES string of the molecule is CC(=O)N1CCC[C@@]2(C)[C@@H]1CCCN2C(=O)c1sc(-c2ccccc2F)nc1C. The summed E-state index contributed by atoms with van der Waals surface area (Å²) in [4.78, 5) is 34.7. The minimum atomic E-state index is -0.381. The molecule has 29 heavy (non-hydrogen) atoms. The molecule has 2 aliphatic heterocycles. The van der Waals surface area contributed by atoms with Crippen molar-refractivity contribution in [2.24, 2.45) is 0 Å². The van der Waals surface area contributed by atoms with Crippen LogP contribution in [0.5, 0.6) is 0 Å². The molecule has 0 spiro atoms. The zero-order chi connectivity index (χ0) is 20.8. The van der Waals surface area contributed by atoms with Gasteiger partial charge in [0, 0.05) is 25.6 Å². The number of fused-ring (bicyclic) bond motifs is 1. The van der Waals surface area contributed by atoms with E-state index >= 15 is 0 Å². The molecule has 7 heteroatoms. The Bertz CT molecular complexity index is 959. The van der Waals surface area contributed by atoms with Gasteiger partial charge in [0.15, 0.2) is 0 Å². The molecule has 2 atom stereocenters. The quantitative estimate of drug-likeness (QED) is 0.736. The molecule has 2 aromatic rings. The first-order valence-corrected chi connectivity index (χ1v) is 11.0. The number of nitrogens with zero attached hydrogens (tertiary/aromatic N) is 3. The van der Waals surface area contributed by atoms with Crippen molar-refractivity contribution in [3.63, 3.8) is 0 Å². The van der Waals surface area contributed by atoms with Crippen molar-refractivity contribution in [3.8, 4) is 10.6 Å². The number of hydrogen-bond acceptors (Lipinski definition) is 4. The summed E-state index contributed by atoms with van der Waals surface area (Å²) in [5.74, 6) is -0.319. The Labute approximate surface area is 174 Å². The Morgan fingerprint density at radius 3 is 2.72 bits per heavy atom. The van der Waals surface area contributed by atoms with E-state index in [1.807, 2.05) is 9.80 Å². The van der Waals surface area contributed by atoms with E-state index < -0.39 is 0 Å². The first-order chi connectivity index (χ1) is 13.8. The van der Waals surface area contributed by atoms with Gasteiger partial charge in [-0.15, -0.1) is 11.3 Å². The summed E-state index contributed by atoms with van der Waals surface area (Å²) >= 11 is 1.25. The Morgan fingerprint density at radius 1 is 1.24 bits per heavy atom. The number of halogens is 1. The van der Waals surface area contributed by atoms with Gasteiger partial charge in [-0.2, -0.15) is 0 Å². The Hall–Kier alpha value is -2.28. The highest BCUT2D eigenvalue weighted by Crippen LogP contribution is 2.41. The lowest BCUT2D eigenvalue weighted by Crippen LogP contribution is -2.68. The van der Waals surface area contributed by atoms with Crippen molar-refractivity contribution in [2.75, 3.05) is 13.1 Å². The molecule has 2 fully saturated rings. The number of amides is 2. The number of carbonyl (C=O) groups excluding carboxylic acids is 2. The lowest BCUT2D eigenvalue weighted by molar-refractivity contribution is -0.140. The number of likely N-dealkylation sites (tertiary alicyclic amines) is 2. The molecule has 154 valence electrons. The van der Waals surface area contributed by atoms with Crippen molar-refractivity contribution < 1.29 is 14.0 Å². The molecule has 0 unspecified atom stereocenters. The molecule has 2 aliphatic rings. The van der Waals surface area contributed by atoms with Crippen molar-refractivity contribution >= 4 is 23.2 Å². The van der Waals surface area contributed by atoms with Gasteiger partial charge >= 0.3 is 0 Å². The Morgan fingerprint density at radius 2 is 2.00 bits per heavy atom. The van der Waals surface area contributed by atoms with Gasteiger partial charge in [0.1, 0.15) is 15.7 Å². The molecule has 1 aromatic carbocycles. The monoisotopic (exact) mass is 415 g/mol. The number of benzene rings is 1. The second-order valence-electron chi connectivity index (χ2n) is 8.20. The molecule has 5 nitrogen and oxygen atoms in total. The van der Waals surface area contributed by atoms with Crippen molar-refractivity contribution in [2.45, 2.75) is 58.0 Å². The van der Waals surface area contributed by atoms with Gasteiger partial charge in [0.2, 0.25) is 5.91 Å². The average Bonchev–Trinajstić information content (AvgIpc) is 3.07. The zero-order valence-corrected chi connectivity index (χ0v) is 17.9. The molecular weight excluding hydrogens is 389 g/mol. The predicted molar refractivity (Wildman–Crippen MR) is 111 cm³/mol. The zero-order valence-electron chi connectivity index (χ0n) is 17.1. The summed E-state index contributed by atoms with van der Waals surface area (Å²) in [7, 11) is 0. The average molecular weight is 416 g/mol. The van der Waals surface area contributed by atoms with Gasteiger partial charge in [0.05, 0.1) is 17.3 Å². The van der Waals surface area contributed by atoms with Crippen molar-refractivity contribution in [3.05, 3.63) is 40.7 Å². The highest BCUT2D eigenvalue weighted by atomic mass is 32.1. The normalized spacial score (nSPS) is 24.3. The van der Waals surface area contributed by atoms with E-state index in [2.05, 4.69) is 11.9 Å². The Kier molecular flexibility index (Phi) is 5.19. The molecule has 3 heterocycles. The summed E-state index contributed by atoms with van der Waals surface area (Å²) in [6.45, 7) is 6.96. The van der Waals surface area contributed by atoms with Crippen LogP contribution in [0.1, 0.15) is 54.9 Å². The molecule has 2 amide bonds. The largest absolute Gasteiger partial charge is 0.338 e. The van der Waals surface area contributed by atoms with Gasteiger partial charge in [-0.1, -0.05) is 12.1 Å². The fourth-order valence-corrected chi connectivity index (χ4v) is 5.97. The number of piperidine rings is 2. The predicted octanol–water partition coefficient (Wildman–Crippen LogP) is 4.26. The fourth-order valence-electron chi connectivity index (χ4n) is 4.92. The number of rotatable bonds is 2. The molecule has 0 aliphatic carbocycles. The summed E-state index contributed by atoms with van der Waals surface area (Å²) in [5, 5.41) is 0.525. The fraction of sp³-hybridized carbons (Fsp3) is 0.500. The van der Waals surface area contributed by atoms with Gasteiger partial charge in [-0.05, 0) is 51.7 Å². The van der Waals surface area contributed by atoms with Crippen LogP contribution in [-0.4, -0.2) is 51.3 Å². The third kappa shape index (κ3) is 3.35. The maximum atomic E-state index is 14.2. The molecule has 0 radical (unpaired) electrons. The van der Waals surface area contributed by atoms with E-state index in [-0.39, 0.29) is 29.2 Å². The first kappa shape index (κ1) is 20.0. The Balaban J connectivity index is 1.68. The van der Waals surface area contributed by atoms with E-state index in [4.69, 9.17) is 0 Å². The van der Waals surface area contributed by atoms with Crippen LogP contribution < -0.4 is 0 Å². The number of aryl methyl sites for hydroxylation is 1. The van der Waals surface area contributed by atoms with Crippen LogP contribution >= 0.6 is 11.3 Å². The minimum Gasteiger partial charge on any atom is -0.338 e. The van der Waals surface area contributed by atoms with Gasteiger partial charge in [-0.25, -0.2) is 9.37 Å². The number of thiazole rings is 1. The van der Waals surface area contributed by atoms with Crippen molar-refractivity contribution in [1.29, 1.82) is 0 Å². The molecule has 0 saturated carbocycles. The van der Waals surface area contributed by atoms with E-state index in [9.17, 15) is 14.0 Å². The van der Waals surface area contributed by atoms with Crippen LogP contribution in [0.4, 0.5) is 4.39 Å². The van der Waals surface area contributed by atoms with Crippen LogP contribution in [0.2, 0.25) is 0 Å². The second-order valence-corrected chi connectivity index (χ2v) is 9.20. The summed E-state index contributed by atoms with van der Waals surface area (Å²) in [6.07, 6.45) is 3.56. The smallest absolute Gasteiger partial charge is 0.266 e. The van der Waals surface area contributed by atoms with Crippen LogP contribution in [-0.2, 0) is 4.79 Å². The number of hydrogen-bond donors (Lipinski definition) is 0. The van der Waals surface area contributed by atoms with Crippen LogP contribution in [0.25, 0.3) is 10.6 Å². The molecule has 4 rings (SSSR count). The molecule has 0 bridgehead atoms.